The lowest BCUT2D eigenvalue weighted by Gasteiger charge is -2.34. The maximum Gasteiger partial charge on any atom is 0.534 e. The molecule has 0 aliphatic rings. The van der Waals surface area contributed by atoms with Crippen LogP contribution in [-0.2, 0) is 10.1 Å². The first kappa shape index (κ1) is 35.1. The first-order valence-electron chi connectivity index (χ1n) is 16.8. The maximum atomic E-state index is 13.7. The van der Waals surface area contributed by atoms with Gasteiger partial charge in [0.25, 0.3) is 0 Å². The predicted molar refractivity (Wildman–Crippen MR) is 207 cm³/mol. The monoisotopic (exact) mass is 726 g/mol. The zero-order valence-corrected chi connectivity index (χ0v) is 29.3. The van der Waals surface area contributed by atoms with E-state index in [4.69, 9.17) is 4.18 Å². The minimum atomic E-state index is -5.99. The van der Waals surface area contributed by atoms with E-state index in [2.05, 4.69) is 0 Å². The Morgan fingerprint density at radius 2 is 0.774 bits per heavy atom. The molecule has 0 bridgehead atoms. The molecule has 264 valence electrons. The summed E-state index contributed by atoms with van der Waals surface area (Å²) in [7, 11) is -5.99. The van der Waals surface area contributed by atoms with E-state index >= 15 is 0 Å². The van der Waals surface area contributed by atoms with Crippen LogP contribution < -0.4 is 14.0 Å². The Hall–Kier alpha value is -6.32. The van der Waals surface area contributed by atoms with Crippen LogP contribution in [0.25, 0.3) is 22.3 Å². The van der Waals surface area contributed by atoms with Crippen LogP contribution in [-0.4, -0.2) is 13.9 Å². The fraction of sp³-hybridized carbons (Fsp3) is 0.0455. The molecule has 0 amide bonds. The molecule has 7 rings (SSSR count). The summed E-state index contributed by atoms with van der Waals surface area (Å²) in [5.74, 6) is -0.450. The molecule has 0 radical (unpaired) electrons. The molecular formula is C44H33F3N2O3S. The average molecular weight is 727 g/mol. The maximum absolute atomic E-state index is 13.7. The van der Waals surface area contributed by atoms with Gasteiger partial charge < -0.3 is 14.0 Å². The van der Waals surface area contributed by atoms with Gasteiger partial charge in [0.05, 0.1) is 11.4 Å². The number of halogens is 3. The van der Waals surface area contributed by atoms with Crippen molar-refractivity contribution in [2.24, 2.45) is 0 Å². The number of rotatable bonds is 10. The van der Waals surface area contributed by atoms with Gasteiger partial charge in [0.2, 0.25) is 0 Å². The Kier molecular flexibility index (Phi) is 9.76. The van der Waals surface area contributed by atoms with Crippen molar-refractivity contribution in [3.8, 4) is 28.0 Å². The molecule has 0 saturated heterocycles. The summed E-state index contributed by atoms with van der Waals surface area (Å²) >= 11 is 0. The van der Waals surface area contributed by atoms with Crippen LogP contribution in [0.3, 0.4) is 0 Å². The summed E-state index contributed by atoms with van der Waals surface area (Å²) in [5, 5.41) is 0. The van der Waals surface area contributed by atoms with Gasteiger partial charge in [0.1, 0.15) is 5.75 Å². The quantitative estimate of drug-likeness (QED) is 0.104. The van der Waals surface area contributed by atoms with E-state index in [0.29, 0.717) is 22.7 Å². The molecule has 7 aromatic carbocycles. The molecule has 0 N–H and O–H groups in total. The van der Waals surface area contributed by atoms with E-state index in [0.717, 1.165) is 33.6 Å². The molecule has 0 spiro atoms. The van der Waals surface area contributed by atoms with E-state index < -0.39 is 21.4 Å². The fourth-order valence-electron chi connectivity index (χ4n) is 6.15. The van der Waals surface area contributed by atoms with Crippen LogP contribution in [0.2, 0.25) is 0 Å². The molecule has 0 aliphatic heterocycles. The number of benzene rings is 7. The summed E-state index contributed by atoms with van der Waals surface area (Å²) < 4.78 is 70.9. The zero-order valence-electron chi connectivity index (χ0n) is 28.5. The van der Waals surface area contributed by atoms with Crippen LogP contribution >= 0.6 is 0 Å². The Labute approximate surface area is 306 Å². The fourth-order valence-corrected chi connectivity index (χ4v) is 6.66. The van der Waals surface area contributed by atoms with E-state index in [-0.39, 0.29) is 5.56 Å². The van der Waals surface area contributed by atoms with E-state index in [9.17, 15) is 21.6 Å². The summed E-state index contributed by atoms with van der Waals surface area (Å²) in [6.07, 6.45) is 0. The van der Waals surface area contributed by atoms with Crippen molar-refractivity contribution in [1.29, 1.82) is 0 Å². The number of hydrogen-bond donors (Lipinski definition) is 0. The smallest absolute Gasteiger partial charge is 0.376 e. The number of nitrogens with zero attached hydrogens (tertiary/aromatic N) is 2. The van der Waals surface area contributed by atoms with Crippen molar-refractivity contribution >= 4 is 44.2 Å². The second-order valence-corrected chi connectivity index (χ2v) is 13.8. The lowest BCUT2D eigenvalue weighted by Crippen LogP contribution is -2.28. The highest BCUT2D eigenvalue weighted by molar-refractivity contribution is 7.88. The molecule has 0 unspecified atom stereocenters. The van der Waals surface area contributed by atoms with Crippen molar-refractivity contribution in [3.05, 3.63) is 188 Å². The van der Waals surface area contributed by atoms with Crippen molar-refractivity contribution in [1.82, 2.24) is 0 Å². The van der Waals surface area contributed by atoms with E-state index in [1.807, 2.05) is 180 Å². The topological polar surface area (TPSA) is 49.9 Å². The molecule has 53 heavy (non-hydrogen) atoms. The largest absolute Gasteiger partial charge is 0.534 e. The molecule has 0 aliphatic carbocycles. The molecule has 0 fully saturated rings. The minimum absolute atomic E-state index is 0.187. The van der Waals surface area contributed by atoms with Crippen molar-refractivity contribution in [3.63, 3.8) is 0 Å². The van der Waals surface area contributed by atoms with Crippen LogP contribution in [0.5, 0.6) is 5.75 Å². The Bertz CT molecular complexity index is 2290. The van der Waals surface area contributed by atoms with Gasteiger partial charge in [-0.1, -0.05) is 121 Å². The van der Waals surface area contributed by atoms with Gasteiger partial charge >= 0.3 is 15.6 Å². The summed E-state index contributed by atoms with van der Waals surface area (Å²) in [5.41, 5.74) is 2.35. The number of para-hydroxylation sites is 2. The number of alkyl halides is 3. The second-order valence-electron chi connectivity index (χ2n) is 12.3. The third kappa shape index (κ3) is 7.52. The third-order valence-electron chi connectivity index (χ3n) is 8.73. The highest BCUT2D eigenvalue weighted by Crippen LogP contribution is 2.49. The lowest BCUT2D eigenvalue weighted by atomic mass is 10.0. The number of aryl methyl sites for hydroxylation is 1. The van der Waals surface area contributed by atoms with Crippen LogP contribution in [0.1, 0.15) is 5.56 Å². The lowest BCUT2D eigenvalue weighted by molar-refractivity contribution is -0.0500. The van der Waals surface area contributed by atoms with Crippen molar-refractivity contribution < 1.29 is 25.8 Å². The molecule has 0 aromatic heterocycles. The second kappa shape index (κ2) is 14.7. The zero-order chi connectivity index (χ0) is 37.0. The van der Waals surface area contributed by atoms with Gasteiger partial charge in [0.15, 0.2) is 0 Å². The Morgan fingerprint density at radius 1 is 0.453 bits per heavy atom. The standard InChI is InChI=1S/C44H33F3N2O3S/c1-32-30-41(48(37-18-10-4-11-19-37)38-20-12-5-13-21-38)42(31-43(32)52-53(50,51)44(45,46)47)49(39-26-22-35(23-27-39)33-14-6-2-7-15-33)40-28-24-36(25-29-40)34-16-8-3-9-17-34/h2-31H,1H3. The minimum Gasteiger partial charge on any atom is -0.376 e. The highest BCUT2D eigenvalue weighted by Gasteiger charge is 2.49. The summed E-state index contributed by atoms with van der Waals surface area (Å²) in [4.78, 5) is 3.87. The van der Waals surface area contributed by atoms with Crippen molar-refractivity contribution in [2.45, 2.75) is 12.4 Å². The Balaban J connectivity index is 1.49. The highest BCUT2D eigenvalue weighted by atomic mass is 32.2. The molecular weight excluding hydrogens is 694 g/mol. The number of anilines is 6. The Morgan fingerprint density at radius 3 is 1.15 bits per heavy atom. The first-order chi connectivity index (χ1) is 25.6. The van der Waals surface area contributed by atoms with Gasteiger partial charge in [0, 0.05) is 28.8 Å². The molecule has 0 saturated carbocycles. The normalized spacial score (nSPS) is 11.5. The van der Waals surface area contributed by atoms with E-state index in [1.165, 1.54) is 13.0 Å². The van der Waals surface area contributed by atoms with Crippen molar-refractivity contribution in [2.75, 3.05) is 9.80 Å². The molecule has 0 heterocycles. The predicted octanol–water partition coefficient (Wildman–Crippen LogP) is 12.5. The van der Waals surface area contributed by atoms with Gasteiger partial charge in [-0.05, 0) is 89.3 Å². The van der Waals surface area contributed by atoms with Gasteiger partial charge in [-0.15, -0.1) is 0 Å². The first-order valence-corrected chi connectivity index (χ1v) is 18.2. The summed E-state index contributed by atoms with van der Waals surface area (Å²) in [6.45, 7) is 1.52. The molecule has 9 heteroatoms. The average Bonchev–Trinajstić information content (AvgIpc) is 3.18. The third-order valence-corrected chi connectivity index (χ3v) is 9.70. The number of hydrogen-bond acceptors (Lipinski definition) is 5. The molecule has 7 aromatic rings. The molecule has 5 nitrogen and oxygen atoms in total. The van der Waals surface area contributed by atoms with E-state index in [1.54, 1.807) is 6.07 Å². The van der Waals surface area contributed by atoms with Gasteiger partial charge in [-0.2, -0.15) is 21.6 Å². The van der Waals surface area contributed by atoms with Crippen LogP contribution in [0.4, 0.5) is 47.3 Å². The molecule has 0 atom stereocenters. The van der Waals surface area contributed by atoms with Gasteiger partial charge in [-0.3, -0.25) is 0 Å². The SMILES string of the molecule is Cc1cc(N(c2ccccc2)c2ccccc2)c(N(c2ccc(-c3ccccc3)cc2)c2ccc(-c3ccccc3)cc2)cc1OS(=O)(=O)C(F)(F)F. The van der Waals surface area contributed by atoms with Crippen LogP contribution in [0.15, 0.2) is 182 Å². The van der Waals surface area contributed by atoms with Gasteiger partial charge in [-0.25, -0.2) is 0 Å². The summed E-state index contributed by atoms with van der Waals surface area (Å²) in [6, 6.07) is 57.5. The van der Waals surface area contributed by atoms with Crippen LogP contribution in [0, 0.1) is 6.92 Å².